The van der Waals surface area contributed by atoms with Gasteiger partial charge in [-0.2, -0.15) is 0 Å². The quantitative estimate of drug-likeness (QED) is 0.299. The van der Waals surface area contributed by atoms with Gasteiger partial charge in [-0.15, -0.1) is 0 Å². The molecule has 0 aliphatic rings. The summed E-state index contributed by atoms with van der Waals surface area (Å²) in [6, 6.07) is 16.2. The lowest BCUT2D eigenvalue weighted by Crippen LogP contribution is -2.34. The molecule has 4 aromatic rings. The topological polar surface area (TPSA) is 76.4 Å². The first-order valence-corrected chi connectivity index (χ1v) is 11.0. The summed E-state index contributed by atoms with van der Waals surface area (Å²) in [5.74, 6) is 0.577. The van der Waals surface area contributed by atoms with E-state index in [0.717, 1.165) is 15.6 Å². The standard InChI is InChI=1S/C23H17BrClN3O3S/c1-12-8-14(24)10-17(20(12)30-2)21(29)28-23(32)26-16-6-7-19-18(11-16)27-22(31-19)13-4-3-5-15(25)9-13/h3-11H,1-2H3,(H2,26,28,29,32). The van der Waals surface area contributed by atoms with Crippen molar-refractivity contribution in [2.24, 2.45) is 0 Å². The molecule has 1 heterocycles. The monoisotopic (exact) mass is 529 g/mol. The van der Waals surface area contributed by atoms with Crippen molar-refractivity contribution in [2.45, 2.75) is 6.92 Å². The number of rotatable bonds is 4. The lowest BCUT2D eigenvalue weighted by atomic mass is 10.1. The average Bonchev–Trinajstić information content (AvgIpc) is 3.16. The van der Waals surface area contributed by atoms with Gasteiger partial charge in [0.15, 0.2) is 10.7 Å². The number of hydrogen-bond donors (Lipinski definition) is 2. The second-order valence-electron chi connectivity index (χ2n) is 6.92. The molecule has 6 nitrogen and oxygen atoms in total. The van der Waals surface area contributed by atoms with Crippen LogP contribution in [0.1, 0.15) is 15.9 Å². The number of oxazole rings is 1. The maximum Gasteiger partial charge on any atom is 0.261 e. The highest BCUT2D eigenvalue weighted by Gasteiger charge is 2.17. The fourth-order valence-electron chi connectivity index (χ4n) is 3.25. The molecular weight excluding hydrogens is 514 g/mol. The van der Waals surface area contributed by atoms with Crippen LogP contribution in [0.5, 0.6) is 5.75 Å². The number of halogens is 2. The van der Waals surface area contributed by atoms with E-state index in [9.17, 15) is 4.79 Å². The first kappa shape index (κ1) is 22.3. The fraction of sp³-hybridized carbons (Fsp3) is 0.0870. The Kier molecular flexibility index (Phi) is 6.45. The number of methoxy groups -OCH3 is 1. The van der Waals surface area contributed by atoms with E-state index < -0.39 is 0 Å². The highest BCUT2D eigenvalue weighted by Crippen LogP contribution is 2.29. The molecule has 32 heavy (non-hydrogen) atoms. The van der Waals surface area contributed by atoms with Crippen molar-refractivity contribution in [1.82, 2.24) is 10.3 Å². The number of amides is 1. The molecule has 0 atom stereocenters. The van der Waals surface area contributed by atoms with E-state index in [4.69, 9.17) is 33.0 Å². The fourth-order valence-corrected chi connectivity index (χ4v) is 4.23. The van der Waals surface area contributed by atoms with E-state index in [0.29, 0.717) is 39.0 Å². The van der Waals surface area contributed by atoms with Crippen molar-refractivity contribution in [1.29, 1.82) is 0 Å². The normalized spacial score (nSPS) is 10.8. The number of nitrogens with one attached hydrogen (secondary N) is 2. The van der Waals surface area contributed by atoms with Gasteiger partial charge in [-0.1, -0.05) is 33.6 Å². The molecule has 0 spiro atoms. The van der Waals surface area contributed by atoms with Crippen LogP contribution in [0.3, 0.4) is 0 Å². The molecule has 3 aromatic carbocycles. The van der Waals surface area contributed by atoms with Crippen molar-refractivity contribution in [3.8, 4) is 17.2 Å². The molecule has 1 aromatic heterocycles. The van der Waals surface area contributed by atoms with Gasteiger partial charge < -0.3 is 14.5 Å². The van der Waals surface area contributed by atoms with Gasteiger partial charge in [0.2, 0.25) is 5.89 Å². The van der Waals surface area contributed by atoms with Crippen LogP contribution in [0.4, 0.5) is 5.69 Å². The van der Waals surface area contributed by atoms with E-state index in [2.05, 4.69) is 31.5 Å². The van der Waals surface area contributed by atoms with Crippen molar-refractivity contribution < 1.29 is 13.9 Å². The van der Waals surface area contributed by atoms with E-state index >= 15 is 0 Å². The molecule has 0 aliphatic heterocycles. The lowest BCUT2D eigenvalue weighted by molar-refractivity contribution is 0.0974. The molecule has 0 saturated heterocycles. The van der Waals surface area contributed by atoms with Crippen LogP contribution in [-0.4, -0.2) is 23.1 Å². The predicted octanol–water partition coefficient (Wildman–Crippen LogP) is 6.35. The number of hydrogen-bond acceptors (Lipinski definition) is 5. The van der Waals surface area contributed by atoms with E-state index in [1.54, 1.807) is 36.4 Å². The van der Waals surface area contributed by atoms with Gasteiger partial charge in [0.05, 0.1) is 12.7 Å². The van der Waals surface area contributed by atoms with Crippen molar-refractivity contribution in [3.05, 3.63) is 75.2 Å². The SMILES string of the molecule is COc1c(C)cc(Br)cc1C(=O)NC(=S)Nc1ccc2oc(-c3cccc(Cl)c3)nc2c1. The molecule has 0 unspecified atom stereocenters. The van der Waals surface area contributed by atoms with Crippen LogP contribution in [0.15, 0.2) is 63.5 Å². The Labute approximate surface area is 203 Å². The molecule has 0 fully saturated rings. The Morgan fingerprint density at radius 2 is 2.00 bits per heavy atom. The first-order chi connectivity index (χ1) is 15.3. The van der Waals surface area contributed by atoms with Gasteiger partial charge in [0, 0.05) is 20.7 Å². The number of aromatic nitrogens is 1. The summed E-state index contributed by atoms with van der Waals surface area (Å²) < 4.78 is 12.0. The van der Waals surface area contributed by atoms with Crippen LogP contribution >= 0.6 is 39.7 Å². The highest BCUT2D eigenvalue weighted by molar-refractivity contribution is 9.10. The smallest absolute Gasteiger partial charge is 0.261 e. The zero-order valence-corrected chi connectivity index (χ0v) is 20.2. The second-order valence-corrected chi connectivity index (χ2v) is 8.68. The highest BCUT2D eigenvalue weighted by atomic mass is 79.9. The van der Waals surface area contributed by atoms with Gasteiger partial charge in [-0.05, 0) is 73.2 Å². The number of fused-ring (bicyclic) bond motifs is 1. The third-order valence-electron chi connectivity index (χ3n) is 4.63. The summed E-state index contributed by atoms with van der Waals surface area (Å²) in [5, 5.41) is 6.43. The first-order valence-electron chi connectivity index (χ1n) is 9.47. The summed E-state index contributed by atoms with van der Waals surface area (Å²) in [7, 11) is 1.52. The summed E-state index contributed by atoms with van der Waals surface area (Å²) in [6.07, 6.45) is 0. The van der Waals surface area contributed by atoms with Crippen LogP contribution in [0.25, 0.3) is 22.6 Å². The molecule has 9 heteroatoms. The summed E-state index contributed by atoms with van der Waals surface area (Å²) in [6.45, 7) is 1.86. The Bertz CT molecular complexity index is 1360. The minimum Gasteiger partial charge on any atom is -0.496 e. The van der Waals surface area contributed by atoms with E-state index in [-0.39, 0.29) is 11.0 Å². The van der Waals surface area contributed by atoms with Crippen molar-refractivity contribution in [3.63, 3.8) is 0 Å². The number of nitrogens with zero attached hydrogens (tertiary/aromatic N) is 1. The second kappa shape index (κ2) is 9.28. The minimum absolute atomic E-state index is 0.146. The van der Waals surface area contributed by atoms with Crippen LogP contribution in [-0.2, 0) is 0 Å². The summed E-state index contributed by atoms with van der Waals surface area (Å²) >= 11 is 14.8. The molecular formula is C23H17BrClN3O3S. The zero-order valence-electron chi connectivity index (χ0n) is 17.0. The number of carbonyl (C=O) groups excluding carboxylic acids is 1. The van der Waals surface area contributed by atoms with Gasteiger partial charge in [-0.3, -0.25) is 10.1 Å². The summed E-state index contributed by atoms with van der Waals surface area (Å²) in [5.41, 5.74) is 3.91. The zero-order chi connectivity index (χ0) is 22.8. The molecule has 0 aliphatic carbocycles. The predicted molar refractivity (Wildman–Crippen MR) is 134 cm³/mol. The molecule has 162 valence electrons. The minimum atomic E-state index is -0.380. The number of anilines is 1. The van der Waals surface area contributed by atoms with Gasteiger partial charge >= 0.3 is 0 Å². The number of aryl methyl sites for hydroxylation is 1. The molecule has 0 bridgehead atoms. The number of ether oxygens (including phenoxy) is 1. The number of carbonyl (C=O) groups is 1. The van der Waals surface area contributed by atoms with Crippen LogP contribution < -0.4 is 15.4 Å². The van der Waals surface area contributed by atoms with Crippen LogP contribution in [0.2, 0.25) is 5.02 Å². The third kappa shape index (κ3) is 4.77. The Morgan fingerprint density at radius 1 is 1.19 bits per heavy atom. The van der Waals surface area contributed by atoms with Crippen molar-refractivity contribution in [2.75, 3.05) is 12.4 Å². The maximum atomic E-state index is 12.8. The number of benzene rings is 3. The van der Waals surface area contributed by atoms with Gasteiger partial charge in [0.1, 0.15) is 11.3 Å². The third-order valence-corrected chi connectivity index (χ3v) is 5.53. The maximum absolute atomic E-state index is 12.8. The van der Waals surface area contributed by atoms with Gasteiger partial charge in [0.25, 0.3) is 5.91 Å². The van der Waals surface area contributed by atoms with E-state index in [1.807, 2.05) is 25.1 Å². The largest absolute Gasteiger partial charge is 0.496 e. The lowest BCUT2D eigenvalue weighted by Gasteiger charge is -2.13. The Morgan fingerprint density at radius 3 is 2.75 bits per heavy atom. The average molecular weight is 531 g/mol. The van der Waals surface area contributed by atoms with Crippen LogP contribution in [0, 0.1) is 6.92 Å². The Hall–Kier alpha value is -2.94. The molecule has 0 saturated carbocycles. The Balaban J connectivity index is 1.51. The molecule has 0 radical (unpaired) electrons. The van der Waals surface area contributed by atoms with Gasteiger partial charge in [-0.25, -0.2) is 4.98 Å². The van der Waals surface area contributed by atoms with Crippen molar-refractivity contribution >= 4 is 67.6 Å². The number of thiocarbonyl (C=S) groups is 1. The molecule has 4 rings (SSSR count). The molecule has 2 N–H and O–H groups in total. The molecule has 1 amide bonds. The summed E-state index contributed by atoms with van der Waals surface area (Å²) in [4.78, 5) is 17.3. The van der Waals surface area contributed by atoms with E-state index in [1.165, 1.54) is 7.11 Å².